The van der Waals surface area contributed by atoms with Crippen LogP contribution < -0.4 is 0 Å². The lowest BCUT2D eigenvalue weighted by atomic mass is 10.2. The third kappa shape index (κ3) is 8.78. The van der Waals surface area contributed by atoms with Crippen LogP contribution in [-0.4, -0.2) is 97.0 Å². The first kappa shape index (κ1) is 51.2. The van der Waals surface area contributed by atoms with Gasteiger partial charge >= 0.3 is 97.0 Å². The van der Waals surface area contributed by atoms with Crippen molar-refractivity contribution in [3.05, 3.63) is 0 Å². The molecule has 0 aliphatic rings. The van der Waals surface area contributed by atoms with Crippen LogP contribution in [0.3, 0.4) is 0 Å². The van der Waals surface area contributed by atoms with Crippen LogP contribution in [-0.2, 0) is 28.5 Å². The molecule has 54 heavy (non-hydrogen) atoms. The van der Waals surface area contributed by atoms with Crippen molar-refractivity contribution in [3.63, 3.8) is 0 Å². The lowest BCUT2D eigenvalue weighted by molar-refractivity contribution is -0.599. The molecule has 0 radical (unpaired) electrons. The van der Waals surface area contributed by atoms with Crippen molar-refractivity contribution < 1.29 is 169 Å². The molecule has 0 aliphatic heterocycles. The molecule has 0 saturated carbocycles. The Morgan fingerprint density at radius 3 is 0.611 bits per heavy atom. The molecule has 0 fully saturated rings. The lowest BCUT2D eigenvalue weighted by Gasteiger charge is -2.44. The molecule has 324 valence electrons. The summed E-state index contributed by atoms with van der Waals surface area (Å²) in [5.41, 5.74) is 0. The summed E-state index contributed by atoms with van der Waals surface area (Å²) in [4.78, 5) is 10.1. The second-order valence-corrected chi connectivity index (χ2v) is 8.76. The van der Waals surface area contributed by atoms with Crippen LogP contribution in [0.15, 0.2) is 0 Å². The number of hydrogen-bond acceptors (Lipinski definition) is 6. The van der Waals surface area contributed by atoms with E-state index in [1.165, 1.54) is 0 Å². The standard InChI is InChI=1S/C16F32O6/c17-1(49)2(18,7(23,24)25)50-12(38,39)3(19,8(26,27)28)51-13(40,41)4(20,9(29,30)31)52-14(42,43)5(21,10(32,33)34)53-15(44,45)6(22,11(35,36)37)54-16(46,47)48. The van der Waals surface area contributed by atoms with Crippen LogP contribution in [0.4, 0.5) is 140 Å². The normalized spacial score (nSPS) is 21.0. The fourth-order valence-electron chi connectivity index (χ4n) is 2.47. The van der Waals surface area contributed by atoms with Crippen molar-refractivity contribution in [1.29, 1.82) is 0 Å². The van der Waals surface area contributed by atoms with E-state index in [4.69, 9.17) is 0 Å². The van der Waals surface area contributed by atoms with E-state index in [9.17, 15) is 145 Å². The van der Waals surface area contributed by atoms with Gasteiger partial charge in [0.2, 0.25) is 0 Å². The van der Waals surface area contributed by atoms with E-state index in [0.29, 0.717) is 0 Å². The Kier molecular flexibility index (Phi) is 12.7. The molecular formula is C16F32O6. The second-order valence-electron chi connectivity index (χ2n) is 8.76. The SMILES string of the molecule is O=C(F)C(F)(OC(F)(F)C(F)(OC(F)(F)C(F)(OC(F)(F)C(F)(OC(F)(F)C(F)(OC(F)(F)F)C(F)(F)F)C(F)(F)F)C(F)(F)F)C(F)(F)F)C(F)(F)F. The van der Waals surface area contributed by atoms with Crippen LogP contribution in [0.25, 0.3) is 0 Å². The van der Waals surface area contributed by atoms with Crippen LogP contribution in [0.5, 0.6) is 0 Å². The molecule has 6 nitrogen and oxygen atoms in total. The van der Waals surface area contributed by atoms with E-state index in [2.05, 4.69) is 0 Å². The van der Waals surface area contributed by atoms with Gasteiger partial charge in [-0.15, -0.1) is 13.2 Å². The van der Waals surface area contributed by atoms with Gasteiger partial charge in [-0.25, -0.2) is 4.74 Å². The lowest BCUT2D eigenvalue weighted by Crippen LogP contribution is -2.72. The Bertz CT molecular complexity index is 1340. The highest BCUT2D eigenvalue weighted by Gasteiger charge is 2.90. The molecule has 0 aromatic rings. The predicted octanol–water partition coefficient (Wildman–Crippen LogP) is 9.60. The van der Waals surface area contributed by atoms with Gasteiger partial charge in [-0.2, -0.15) is 127 Å². The number of ether oxygens (including phenoxy) is 5. The summed E-state index contributed by atoms with van der Waals surface area (Å²) in [6, 6.07) is -5.23. The molecular weight excluding hydrogens is 896 g/mol. The van der Waals surface area contributed by atoms with Crippen molar-refractivity contribution in [2.75, 3.05) is 0 Å². The maximum atomic E-state index is 14.4. The minimum atomic E-state index is -9.42. The fourth-order valence-corrected chi connectivity index (χ4v) is 2.47. The topological polar surface area (TPSA) is 63.2 Å². The Morgan fingerprint density at radius 1 is 0.278 bits per heavy atom. The molecule has 38 heteroatoms. The zero-order chi connectivity index (χ0) is 44.6. The summed E-state index contributed by atoms with van der Waals surface area (Å²) in [5, 5.41) is 0. The summed E-state index contributed by atoms with van der Waals surface area (Å²) in [6.07, 6.45) is -87.2. The predicted molar refractivity (Wildman–Crippen MR) is 86.9 cm³/mol. The van der Waals surface area contributed by atoms with E-state index in [1.807, 2.05) is 0 Å². The van der Waals surface area contributed by atoms with E-state index < -0.39 is 97.0 Å². The number of carbonyl (C=O) groups is 1. The van der Waals surface area contributed by atoms with Crippen molar-refractivity contribution in [2.45, 2.75) is 91.0 Å². The zero-order valence-electron chi connectivity index (χ0n) is 22.5. The highest BCUT2D eigenvalue weighted by atomic mass is 19.4. The monoisotopic (exact) mass is 896 g/mol. The highest BCUT2D eigenvalue weighted by molar-refractivity contribution is 5.77. The molecule has 5 unspecified atom stereocenters. The largest absolute Gasteiger partial charge is 0.525 e. The molecule has 0 spiro atoms. The van der Waals surface area contributed by atoms with Crippen LogP contribution in [0.1, 0.15) is 0 Å². The van der Waals surface area contributed by atoms with Gasteiger partial charge in [0, 0.05) is 0 Å². The molecule has 0 amide bonds. The maximum absolute atomic E-state index is 14.4. The first-order valence-corrected chi connectivity index (χ1v) is 10.8. The molecule has 0 aromatic carbocycles. The Balaban J connectivity index is 7.85. The van der Waals surface area contributed by atoms with Gasteiger partial charge in [0.25, 0.3) is 0 Å². The number of alkyl halides is 31. The molecule has 0 N–H and O–H groups in total. The Labute approximate surface area is 267 Å². The second kappa shape index (κ2) is 13.4. The molecule has 0 heterocycles. The van der Waals surface area contributed by atoms with E-state index in [-0.39, 0.29) is 0 Å². The summed E-state index contributed by atoms with van der Waals surface area (Å²) in [6.45, 7) is 0. The Morgan fingerprint density at radius 2 is 0.463 bits per heavy atom. The minimum absolute atomic E-state index is 0.748. The van der Waals surface area contributed by atoms with Crippen LogP contribution in [0.2, 0.25) is 0 Å². The number of rotatable bonds is 14. The summed E-state index contributed by atoms with van der Waals surface area (Å²) >= 11 is 0. The van der Waals surface area contributed by atoms with Gasteiger partial charge < -0.3 is 0 Å². The minimum Gasteiger partial charge on any atom is -0.263 e. The molecule has 0 aromatic heterocycles. The first-order valence-electron chi connectivity index (χ1n) is 10.8. The maximum Gasteiger partial charge on any atom is 0.525 e. The molecule has 0 saturated heterocycles. The van der Waals surface area contributed by atoms with Crippen molar-refractivity contribution in [2.24, 2.45) is 0 Å². The smallest absolute Gasteiger partial charge is 0.263 e. The average Bonchev–Trinajstić information content (AvgIpc) is 2.82. The van der Waals surface area contributed by atoms with Gasteiger partial charge in [0.15, 0.2) is 0 Å². The molecule has 0 rings (SSSR count). The number of carbonyl (C=O) groups excluding carboxylic acids is 1. The van der Waals surface area contributed by atoms with Crippen LogP contribution in [0, 0.1) is 0 Å². The summed E-state index contributed by atoms with van der Waals surface area (Å²) in [5.74, 6) is -44.2. The molecule has 0 aliphatic carbocycles. The highest BCUT2D eigenvalue weighted by Crippen LogP contribution is 2.61. The van der Waals surface area contributed by atoms with Crippen molar-refractivity contribution in [3.8, 4) is 0 Å². The van der Waals surface area contributed by atoms with Gasteiger partial charge in [-0.3, -0.25) is 23.7 Å². The summed E-state index contributed by atoms with van der Waals surface area (Å²) in [7, 11) is 0. The fraction of sp³-hybridized carbons (Fsp3) is 0.938. The quantitative estimate of drug-likeness (QED) is 0.128. The third-order valence-corrected chi connectivity index (χ3v) is 4.90. The third-order valence-electron chi connectivity index (χ3n) is 4.90. The molecule has 0 bridgehead atoms. The first-order chi connectivity index (χ1) is 22.7. The molecule has 5 atom stereocenters. The van der Waals surface area contributed by atoms with Gasteiger partial charge in [0.05, 0.1) is 0 Å². The van der Waals surface area contributed by atoms with Crippen molar-refractivity contribution in [1.82, 2.24) is 0 Å². The van der Waals surface area contributed by atoms with E-state index in [1.54, 1.807) is 0 Å². The Hall–Kier alpha value is -2.77. The van der Waals surface area contributed by atoms with Crippen LogP contribution >= 0.6 is 0 Å². The number of halogens is 32. The van der Waals surface area contributed by atoms with E-state index in [0.717, 1.165) is 23.7 Å². The zero-order valence-corrected chi connectivity index (χ0v) is 22.5. The number of hydrogen-bond donors (Lipinski definition) is 0. The van der Waals surface area contributed by atoms with Gasteiger partial charge in [-0.1, -0.05) is 0 Å². The van der Waals surface area contributed by atoms with Gasteiger partial charge in [-0.05, 0) is 0 Å². The van der Waals surface area contributed by atoms with Crippen molar-refractivity contribution >= 4 is 6.04 Å². The summed E-state index contributed by atoms with van der Waals surface area (Å²) < 4.78 is 427. The van der Waals surface area contributed by atoms with Gasteiger partial charge in [0.1, 0.15) is 0 Å². The van der Waals surface area contributed by atoms with E-state index >= 15 is 0 Å². The average molecular weight is 896 g/mol.